The first-order valence-electron chi connectivity index (χ1n) is 7.08. The normalized spacial score (nSPS) is 11.0. The predicted octanol–water partition coefficient (Wildman–Crippen LogP) is 1.47. The minimum absolute atomic E-state index is 0.336. The number of carbonyl (C=O) groups excluding carboxylic acids is 1. The molecule has 0 saturated carbocycles. The van der Waals surface area contributed by atoms with Gasteiger partial charge in [0.2, 0.25) is 0 Å². The van der Waals surface area contributed by atoms with E-state index in [2.05, 4.69) is 28.6 Å². The van der Waals surface area contributed by atoms with Gasteiger partial charge in [-0.25, -0.2) is 9.78 Å². The molecule has 21 heavy (non-hydrogen) atoms. The highest BCUT2D eigenvalue weighted by Gasteiger charge is 2.16. The molecule has 0 amide bonds. The van der Waals surface area contributed by atoms with Crippen molar-refractivity contribution in [2.75, 3.05) is 51.5 Å². The lowest BCUT2D eigenvalue weighted by molar-refractivity contribution is 0.0602. The SMILES string of the molecule is COC(=O)c1cc(N(CCN(C)C)CC(C)C)ncc1N. The number of nitrogens with zero attached hydrogens (tertiary/aromatic N) is 3. The molecule has 0 aliphatic rings. The zero-order valence-corrected chi connectivity index (χ0v) is 13.6. The molecule has 0 saturated heterocycles. The average Bonchev–Trinajstić information content (AvgIpc) is 2.42. The minimum atomic E-state index is -0.437. The first kappa shape index (κ1) is 17.2. The molecule has 0 aliphatic heterocycles. The van der Waals surface area contributed by atoms with Crippen LogP contribution in [0.1, 0.15) is 24.2 Å². The van der Waals surface area contributed by atoms with Gasteiger partial charge in [0.1, 0.15) is 5.82 Å². The van der Waals surface area contributed by atoms with Gasteiger partial charge in [0.25, 0.3) is 0 Å². The van der Waals surface area contributed by atoms with Crippen molar-refractivity contribution >= 4 is 17.5 Å². The standard InChI is InChI=1S/C15H26N4O2/c1-11(2)10-19(7-6-18(3)4)14-8-12(15(20)21-5)13(16)9-17-14/h8-9,11H,6-7,10,16H2,1-5H3. The lowest BCUT2D eigenvalue weighted by Crippen LogP contribution is -2.35. The van der Waals surface area contributed by atoms with Crippen molar-refractivity contribution < 1.29 is 9.53 Å². The topological polar surface area (TPSA) is 71.7 Å². The first-order chi connectivity index (χ1) is 9.85. The Kier molecular flexibility index (Phi) is 6.42. The van der Waals surface area contributed by atoms with E-state index in [9.17, 15) is 4.79 Å². The van der Waals surface area contributed by atoms with Crippen LogP contribution in [0.2, 0.25) is 0 Å². The molecule has 1 aromatic heterocycles. The monoisotopic (exact) mass is 294 g/mol. The zero-order chi connectivity index (χ0) is 16.0. The van der Waals surface area contributed by atoms with Crippen molar-refractivity contribution in [3.63, 3.8) is 0 Å². The Labute approximate surface area is 126 Å². The van der Waals surface area contributed by atoms with Crippen molar-refractivity contribution in [1.82, 2.24) is 9.88 Å². The van der Waals surface area contributed by atoms with Crippen LogP contribution in [0.4, 0.5) is 11.5 Å². The van der Waals surface area contributed by atoms with E-state index in [0.717, 1.165) is 25.5 Å². The zero-order valence-electron chi connectivity index (χ0n) is 13.6. The number of aromatic nitrogens is 1. The van der Waals surface area contributed by atoms with Crippen LogP contribution in [-0.4, -0.2) is 56.7 Å². The van der Waals surface area contributed by atoms with Crippen LogP contribution in [0.3, 0.4) is 0 Å². The molecule has 0 aromatic carbocycles. The molecule has 0 bridgehead atoms. The summed E-state index contributed by atoms with van der Waals surface area (Å²) in [5, 5.41) is 0. The smallest absolute Gasteiger partial charge is 0.340 e. The third-order valence-corrected chi connectivity index (χ3v) is 3.05. The third-order valence-electron chi connectivity index (χ3n) is 3.05. The summed E-state index contributed by atoms with van der Waals surface area (Å²) in [5.41, 5.74) is 6.50. The third kappa shape index (κ3) is 5.23. The fourth-order valence-electron chi connectivity index (χ4n) is 1.98. The van der Waals surface area contributed by atoms with Crippen LogP contribution in [0.15, 0.2) is 12.3 Å². The number of rotatable bonds is 7. The lowest BCUT2D eigenvalue weighted by atomic mass is 10.2. The van der Waals surface area contributed by atoms with E-state index in [0.29, 0.717) is 17.2 Å². The van der Waals surface area contributed by atoms with Gasteiger partial charge in [-0.3, -0.25) is 0 Å². The summed E-state index contributed by atoms with van der Waals surface area (Å²) in [6.45, 7) is 6.92. The second-order valence-electron chi connectivity index (χ2n) is 5.76. The van der Waals surface area contributed by atoms with Gasteiger partial charge in [-0.1, -0.05) is 13.8 Å². The highest BCUT2D eigenvalue weighted by atomic mass is 16.5. The molecule has 118 valence electrons. The van der Waals surface area contributed by atoms with Crippen molar-refractivity contribution in [2.45, 2.75) is 13.8 Å². The Morgan fingerprint density at radius 1 is 1.38 bits per heavy atom. The lowest BCUT2D eigenvalue weighted by Gasteiger charge is -2.27. The summed E-state index contributed by atoms with van der Waals surface area (Å²) >= 11 is 0. The van der Waals surface area contributed by atoms with Gasteiger partial charge in [-0.2, -0.15) is 0 Å². The van der Waals surface area contributed by atoms with Crippen LogP contribution in [0, 0.1) is 5.92 Å². The number of nitrogens with two attached hydrogens (primary N) is 1. The van der Waals surface area contributed by atoms with Gasteiger partial charge >= 0.3 is 5.97 Å². The molecule has 0 aliphatic carbocycles. The van der Waals surface area contributed by atoms with Gasteiger partial charge < -0.3 is 20.3 Å². The number of hydrogen-bond donors (Lipinski definition) is 1. The van der Waals surface area contributed by atoms with Gasteiger partial charge in [-0.05, 0) is 26.1 Å². The number of ether oxygens (including phenoxy) is 1. The fourth-order valence-corrected chi connectivity index (χ4v) is 1.98. The number of anilines is 2. The number of hydrogen-bond acceptors (Lipinski definition) is 6. The summed E-state index contributed by atoms with van der Waals surface area (Å²) < 4.78 is 4.76. The van der Waals surface area contributed by atoms with E-state index in [-0.39, 0.29) is 0 Å². The number of methoxy groups -OCH3 is 1. The van der Waals surface area contributed by atoms with Crippen LogP contribution in [0.25, 0.3) is 0 Å². The fraction of sp³-hybridized carbons (Fsp3) is 0.600. The molecule has 0 radical (unpaired) electrons. The maximum absolute atomic E-state index is 11.7. The molecule has 1 aromatic rings. The largest absolute Gasteiger partial charge is 0.465 e. The number of nitrogen functional groups attached to an aromatic ring is 1. The number of likely N-dealkylation sites (N-methyl/N-ethyl adjacent to an activating group) is 1. The van der Waals surface area contributed by atoms with Gasteiger partial charge in [0.05, 0.1) is 24.6 Å². The Hall–Kier alpha value is -1.82. The Bertz CT molecular complexity index is 475. The molecule has 0 spiro atoms. The summed E-state index contributed by atoms with van der Waals surface area (Å²) in [4.78, 5) is 20.4. The molecule has 1 heterocycles. The first-order valence-corrected chi connectivity index (χ1v) is 7.08. The Morgan fingerprint density at radius 3 is 2.57 bits per heavy atom. The molecular formula is C15H26N4O2. The maximum Gasteiger partial charge on any atom is 0.340 e. The second kappa shape index (κ2) is 7.83. The average molecular weight is 294 g/mol. The molecule has 1 rings (SSSR count). The minimum Gasteiger partial charge on any atom is -0.465 e. The number of carbonyl (C=O) groups is 1. The summed E-state index contributed by atoms with van der Waals surface area (Å²) in [7, 11) is 5.41. The molecule has 0 fully saturated rings. The Morgan fingerprint density at radius 2 is 2.05 bits per heavy atom. The molecule has 0 unspecified atom stereocenters. The highest BCUT2D eigenvalue weighted by Crippen LogP contribution is 2.20. The Balaban J connectivity index is 3.03. The van der Waals surface area contributed by atoms with Crippen molar-refractivity contribution in [1.29, 1.82) is 0 Å². The quantitative estimate of drug-likeness (QED) is 0.768. The molecule has 6 heteroatoms. The van der Waals surface area contributed by atoms with Crippen LogP contribution in [-0.2, 0) is 4.74 Å². The van der Waals surface area contributed by atoms with E-state index in [4.69, 9.17) is 10.5 Å². The van der Waals surface area contributed by atoms with Crippen LogP contribution >= 0.6 is 0 Å². The van der Waals surface area contributed by atoms with E-state index < -0.39 is 5.97 Å². The van der Waals surface area contributed by atoms with E-state index in [1.807, 2.05) is 14.1 Å². The van der Waals surface area contributed by atoms with Gasteiger partial charge in [0.15, 0.2) is 0 Å². The molecule has 0 atom stereocenters. The van der Waals surface area contributed by atoms with Gasteiger partial charge in [0, 0.05) is 19.6 Å². The van der Waals surface area contributed by atoms with E-state index >= 15 is 0 Å². The van der Waals surface area contributed by atoms with Gasteiger partial charge in [-0.15, -0.1) is 0 Å². The highest BCUT2D eigenvalue weighted by molar-refractivity contribution is 5.95. The summed E-state index contributed by atoms with van der Waals surface area (Å²) in [6, 6.07) is 1.71. The number of esters is 1. The van der Waals surface area contributed by atoms with E-state index in [1.54, 1.807) is 6.07 Å². The number of pyridine rings is 1. The predicted molar refractivity (Wildman–Crippen MR) is 85.6 cm³/mol. The maximum atomic E-state index is 11.7. The van der Waals surface area contributed by atoms with Crippen molar-refractivity contribution in [2.24, 2.45) is 5.92 Å². The van der Waals surface area contributed by atoms with Crippen LogP contribution < -0.4 is 10.6 Å². The van der Waals surface area contributed by atoms with Crippen molar-refractivity contribution in [3.05, 3.63) is 17.8 Å². The molecule has 2 N–H and O–H groups in total. The van der Waals surface area contributed by atoms with Crippen molar-refractivity contribution in [3.8, 4) is 0 Å². The summed E-state index contributed by atoms with van der Waals surface area (Å²) in [6.07, 6.45) is 1.52. The second-order valence-corrected chi connectivity index (χ2v) is 5.76. The summed E-state index contributed by atoms with van der Waals surface area (Å²) in [5.74, 6) is 0.807. The molecule has 6 nitrogen and oxygen atoms in total. The van der Waals surface area contributed by atoms with Crippen LogP contribution in [0.5, 0.6) is 0 Å². The van der Waals surface area contributed by atoms with E-state index in [1.165, 1.54) is 13.3 Å². The molecular weight excluding hydrogens is 268 g/mol.